The second kappa shape index (κ2) is 8.36. The molecule has 0 fully saturated rings. The summed E-state index contributed by atoms with van der Waals surface area (Å²) < 4.78 is 5.43. The van der Waals surface area contributed by atoms with Crippen molar-refractivity contribution >= 4 is 17.5 Å². The average molecular weight is 362 g/mol. The van der Waals surface area contributed by atoms with Crippen molar-refractivity contribution in [3.8, 4) is 0 Å². The van der Waals surface area contributed by atoms with Gasteiger partial charge in [-0.25, -0.2) is 0 Å². The molecule has 0 aliphatic carbocycles. The van der Waals surface area contributed by atoms with Crippen molar-refractivity contribution in [3.05, 3.63) is 89.4 Å². The molecular formula is C22H22N2O3. The summed E-state index contributed by atoms with van der Waals surface area (Å²) in [6, 6.07) is 18.7. The molecule has 5 nitrogen and oxygen atoms in total. The zero-order valence-electron chi connectivity index (χ0n) is 15.4. The average Bonchev–Trinajstić information content (AvgIpc) is 3.18. The number of hydrogen-bond acceptors (Lipinski definition) is 3. The van der Waals surface area contributed by atoms with Crippen LogP contribution in [0.25, 0.3) is 0 Å². The van der Waals surface area contributed by atoms with Crippen molar-refractivity contribution in [2.24, 2.45) is 0 Å². The number of carbonyl (C=O) groups excluding carboxylic acids is 2. The van der Waals surface area contributed by atoms with Gasteiger partial charge in [0.2, 0.25) is 5.91 Å². The zero-order chi connectivity index (χ0) is 19.2. The molecule has 0 bridgehead atoms. The predicted octanol–water partition coefficient (Wildman–Crippen LogP) is 4.07. The lowest BCUT2D eigenvalue weighted by Gasteiger charge is -2.22. The highest BCUT2D eigenvalue weighted by Gasteiger charge is 2.19. The second-order valence-corrected chi connectivity index (χ2v) is 6.41. The number of nitrogens with one attached hydrogen (secondary N) is 1. The van der Waals surface area contributed by atoms with E-state index in [1.165, 1.54) is 6.92 Å². The van der Waals surface area contributed by atoms with E-state index in [-0.39, 0.29) is 11.8 Å². The fourth-order valence-corrected chi connectivity index (χ4v) is 2.71. The van der Waals surface area contributed by atoms with E-state index < -0.39 is 0 Å². The minimum atomic E-state index is -0.110. The van der Waals surface area contributed by atoms with Gasteiger partial charge in [-0.3, -0.25) is 9.59 Å². The van der Waals surface area contributed by atoms with Crippen LogP contribution in [0.4, 0.5) is 5.69 Å². The summed E-state index contributed by atoms with van der Waals surface area (Å²) in [5, 5.41) is 2.75. The number of carbonyl (C=O) groups is 2. The summed E-state index contributed by atoms with van der Waals surface area (Å²) in [6.45, 7) is 4.28. The van der Waals surface area contributed by atoms with Crippen LogP contribution in [-0.4, -0.2) is 11.8 Å². The Labute approximate surface area is 158 Å². The fourth-order valence-electron chi connectivity index (χ4n) is 2.71. The molecule has 0 aliphatic heterocycles. The van der Waals surface area contributed by atoms with Crippen LogP contribution in [0.1, 0.15) is 34.2 Å². The molecule has 2 aromatic carbocycles. The summed E-state index contributed by atoms with van der Waals surface area (Å²) in [5.74, 6) is 0.520. The highest BCUT2D eigenvalue weighted by molar-refractivity contribution is 6.06. The van der Waals surface area contributed by atoms with Crippen molar-refractivity contribution in [2.45, 2.75) is 26.9 Å². The number of hydrogen-bond donors (Lipinski definition) is 1. The Morgan fingerprint density at radius 2 is 1.70 bits per heavy atom. The summed E-state index contributed by atoms with van der Waals surface area (Å²) in [5.41, 5.74) is 3.46. The van der Waals surface area contributed by atoms with Gasteiger partial charge in [0.15, 0.2) is 0 Å². The summed E-state index contributed by atoms with van der Waals surface area (Å²) in [4.78, 5) is 25.9. The SMILES string of the molecule is CC(=O)NCc1ccc(C(=O)N(Cc2ccco2)c2ccc(C)cc2)cc1. The van der Waals surface area contributed by atoms with Crippen LogP contribution < -0.4 is 10.2 Å². The highest BCUT2D eigenvalue weighted by atomic mass is 16.3. The molecule has 2 amide bonds. The monoisotopic (exact) mass is 362 g/mol. The van der Waals surface area contributed by atoms with E-state index in [1.54, 1.807) is 23.3 Å². The highest BCUT2D eigenvalue weighted by Crippen LogP contribution is 2.21. The van der Waals surface area contributed by atoms with Crippen molar-refractivity contribution in [1.29, 1.82) is 0 Å². The van der Waals surface area contributed by atoms with Crippen LogP contribution in [0.3, 0.4) is 0 Å². The number of rotatable bonds is 6. The molecule has 1 aromatic heterocycles. The van der Waals surface area contributed by atoms with Crippen molar-refractivity contribution in [1.82, 2.24) is 5.32 Å². The first-order chi connectivity index (χ1) is 13.0. The van der Waals surface area contributed by atoms with Gasteiger partial charge in [-0.15, -0.1) is 0 Å². The smallest absolute Gasteiger partial charge is 0.258 e. The van der Waals surface area contributed by atoms with Crippen molar-refractivity contribution in [3.63, 3.8) is 0 Å². The van der Waals surface area contributed by atoms with Gasteiger partial charge in [-0.1, -0.05) is 29.8 Å². The molecule has 138 valence electrons. The fraction of sp³-hybridized carbons (Fsp3) is 0.182. The molecule has 1 N–H and O–H groups in total. The minimum absolute atomic E-state index is 0.0841. The number of nitrogens with zero attached hydrogens (tertiary/aromatic N) is 1. The Balaban J connectivity index is 1.83. The maximum Gasteiger partial charge on any atom is 0.258 e. The third-order valence-corrected chi connectivity index (χ3v) is 4.23. The van der Waals surface area contributed by atoms with E-state index in [2.05, 4.69) is 5.32 Å². The van der Waals surface area contributed by atoms with E-state index in [9.17, 15) is 9.59 Å². The van der Waals surface area contributed by atoms with Gasteiger partial charge in [0.25, 0.3) is 5.91 Å². The first-order valence-corrected chi connectivity index (χ1v) is 8.77. The van der Waals surface area contributed by atoms with Crippen LogP contribution in [-0.2, 0) is 17.9 Å². The molecule has 0 aliphatic rings. The van der Waals surface area contributed by atoms with E-state index in [4.69, 9.17) is 4.42 Å². The number of aryl methyl sites for hydroxylation is 1. The Bertz CT molecular complexity index is 898. The molecule has 0 spiro atoms. The number of benzene rings is 2. The van der Waals surface area contributed by atoms with Gasteiger partial charge in [0.1, 0.15) is 5.76 Å². The largest absolute Gasteiger partial charge is 0.467 e. The number of furan rings is 1. The third kappa shape index (κ3) is 4.85. The number of anilines is 1. The molecule has 0 radical (unpaired) electrons. The van der Waals surface area contributed by atoms with Crippen LogP contribution >= 0.6 is 0 Å². The van der Waals surface area contributed by atoms with Crippen molar-refractivity contribution < 1.29 is 14.0 Å². The topological polar surface area (TPSA) is 62.6 Å². The zero-order valence-corrected chi connectivity index (χ0v) is 15.4. The summed E-state index contributed by atoms with van der Waals surface area (Å²) in [7, 11) is 0. The maximum absolute atomic E-state index is 13.1. The molecule has 27 heavy (non-hydrogen) atoms. The Hall–Kier alpha value is -3.34. The van der Waals surface area contributed by atoms with Crippen LogP contribution in [0.2, 0.25) is 0 Å². The molecule has 0 unspecified atom stereocenters. The van der Waals surface area contributed by atoms with E-state index in [0.29, 0.717) is 24.4 Å². The number of amides is 2. The Morgan fingerprint density at radius 3 is 2.30 bits per heavy atom. The summed E-state index contributed by atoms with van der Waals surface area (Å²) in [6.07, 6.45) is 1.60. The summed E-state index contributed by atoms with van der Waals surface area (Å²) >= 11 is 0. The van der Waals surface area contributed by atoms with Crippen LogP contribution in [0, 0.1) is 6.92 Å². The van der Waals surface area contributed by atoms with Gasteiger partial charge in [-0.05, 0) is 48.9 Å². The lowest BCUT2D eigenvalue weighted by Crippen LogP contribution is -2.30. The van der Waals surface area contributed by atoms with Gasteiger partial charge in [0.05, 0.1) is 12.8 Å². The standard InChI is InChI=1S/C22H22N2O3/c1-16-5-11-20(12-6-16)24(15-21-4-3-13-27-21)22(26)19-9-7-18(8-10-19)14-23-17(2)25/h3-13H,14-15H2,1-2H3,(H,23,25). The Morgan fingerprint density at radius 1 is 1.00 bits per heavy atom. The van der Waals surface area contributed by atoms with Gasteiger partial charge in [0, 0.05) is 24.7 Å². The van der Waals surface area contributed by atoms with Gasteiger partial charge >= 0.3 is 0 Å². The van der Waals surface area contributed by atoms with E-state index >= 15 is 0 Å². The molecule has 0 saturated carbocycles. The van der Waals surface area contributed by atoms with E-state index in [1.807, 2.05) is 55.5 Å². The quantitative estimate of drug-likeness (QED) is 0.719. The molecular weight excluding hydrogens is 340 g/mol. The third-order valence-electron chi connectivity index (χ3n) is 4.23. The minimum Gasteiger partial charge on any atom is -0.467 e. The molecule has 0 saturated heterocycles. The first-order valence-electron chi connectivity index (χ1n) is 8.77. The van der Waals surface area contributed by atoms with Crippen LogP contribution in [0.5, 0.6) is 0 Å². The Kier molecular flexibility index (Phi) is 5.71. The molecule has 5 heteroatoms. The lowest BCUT2D eigenvalue weighted by molar-refractivity contribution is -0.119. The normalized spacial score (nSPS) is 10.4. The maximum atomic E-state index is 13.1. The predicted molar refractivity (Wildman–Crippen MR) is 104 cm³/mol. The van der Waals surface area contributed by atoms with Gasteiger partial charge in [-0.2, -0.15) is 0 Å². The van der Waals surface area contributed by atoms with Crippen molar-refractivity contribution in [2.75, 3.05) is 4.90 Å². The molecule has 0 atom stereocenters. The van der Waals surface area contributed by atoms with Gasteiger partial charge < -0.3 is 14.6 Å². The molecule has 1 heterocycles. The molecule has 3 aromatic rings. The van der Waals surface area contributed by atoms with E-state index in [0.717, 1.165) is 16.8 Å². The second-order valence-electron chi connectivity index (χ2n) is 6.41. The molecule has 3 rings (SSSR count). The van der Waals surface area contributed by atoms with Crippen LogP contribution in [0.15, 0.2) is 71.3 Å². The first kappa shape index (κ1) is 18.5. The lowest BCUT2D eigenvalue weighted by atomic mass is 10.1.